The second-order valence-corrected chi connectivity index (χ2v) is 6.25. The molecule has 0 heterocycles. The minimum absolute atomic E-state index is 0.250. The van der Waals surface area contributed by atoms with E-state index in [2.05, 4.69) is 58.6 Å². The summed E-state index contributed by atoms with van der Waals surface area (Å²) in [6.07, 6.45) is -1.83. The molecule has 2 unspecified atom stereocenters. The lowest BCUT2D eigenvalue weighted by Crippen LogP contribution is -2.12. The van der Waals surface area contributed by atoms with E-state index in [1.807, 2.05) is 12.1 Å². The molecule has 1 aliphatic rings. The Hall–Kier alpha value is -2.89. The molecule has 1 N–H and O–H groups in total. The third-order valence-electron chi connectivity index (χ3n) is 4.10. The van der Waals surface area contributed by atoms with Gasteiger partial charge in [0.15, 0.2) is 0 Å². The minimum Gasteiger partial charge on any atom is -0.466 e. The maximum Gasteiger partial charge on any atom is 0.373 e. The van der Waals surface area contributed by atoms with E-state index in [-0.39, 0.29) is 19.2 Å². The van der Waals surface area contributed by atoms with Crippen LogP contribution < -0.4 is 5.32 Å². The van der Waals surface area contributed by atoms with Crippen molar-refractivity contribution < 1.29 is 27.9 Å². The molecule has 29 heavy (non-hydrogen) atoms. The Labute approximate surface area is 169 Å². The van der Waals surface area contributed by atoms with E-state index in [1.54, 1.807) is 6.92 Å². The van der Waals surface area contributed by atoms with E-state index in [4.69, 9.17) is 9.59 Å². The number of hydrogen-bond acceptors (Lipinski definition) is 5. The molecule has 3 rings (SSSR count). The Morgan fingerprint density at radius 3 is 1.83 bits per heavy atom. The number of nitrogens with one attached hydrogen (secondary N) is 1. The molecular formula is C22H25F2NO4. The Kier molecular flexibility index (Phi) is 11.8. The van der Waals surface area contributed by atoms with Gasteiger partial charge in [0.25, 0.3) is 0 Å². The third kappa shape index (κ3) is 10.3. The Morgan fingerprint density at radius 2 is 1.48 bits per heavy atom. The lowest BCUT2D eigenvalue weighted by atomic mass is 10.2. The lowest BCUT2D eigenvalue weighted by molar-refractivity contribution is -0.191. The summed E-state index contributed by atoms with van der Waals surface area (Å²) in [4.78, 5) is 27.0. The summed E-state index contributed by atoms with van der Waals surface area (Å²) >= 11 is 0. The molecule has 1 fully saturated rings. The summed E-state index contributed by atoms with van der Waals surface area (Å²) in [5.41, 5.74) is 2.65. The van der Waals surface area contributed by atoms with Crippen LogP contribution >= 0.6 is 0 Å². The van der Waals surface area contributed by atoms with Gasteiger partial charge in [-0.3, -0.25) is 4.79 Å². The zero-order valence-electron chi connectivity index (χ0n) is 16.2. The van der Waals surface area contributed by atoms with Crippen LogP contribution in [-0.2, 0) is 32.2 Å². The fraction of sp³-hybridized carbons (Fsp3) is 0.364. The first-order valence-corrected chi connectivity index (χ1v) is 9.26. The molecule has 2 aromatic rings. The summed E-state index contributed by atoms with van der Waals surface area (Å²) in [6.45, 7) is 3.79. The number of ether oxygens (including phenoxy) is 1. The molecule has 0 saturated heterocycles. The topological polar surface area (TPSA) is 72.5 Å². The van der Waals surface area contributed by atoms with Gasteiger partial charge in [-0.15, -0.1) is 0 Å². The van der Waals surface area contributed by atoms with E-state index in [1.165, 1.54) is 11.1 Å². The highest BCUT2D eigenvalue weighted by atomic mass is 19.3. The van der Waals surface area contributed by atoms with Gasteiger partial charge < -0.3 is 10.1 Å². The first-order chi connectivity index (χ1) is 14.0. The quantitative estimate of drug-likeness (QED) is 0.709. The smallest absolute Gasteiger partial charge is 0.373 e. The zero-order chi connectivity index (χ0) is 21.5. The molecule has 0 bridgehead atoms. The molecule has 5 nitrogen and oxygen atoms in total. The van der Waals surface area contributed by atoms with Crippen LogP contribution in [0.5, 0.6) is 0 Å². The van der Waals surface area contributed by atoms with Crippen molar-refractivity contribution in [3.8, 4) is 0 Å². The summed E-state index contributed by atoms with van der Waals surface area (Å²) in [7, 11) is 0. The monoisotopic (exact) mass is 405 g/mol. The second kappa shape index (κ2) is 14.2. The highest BCUT2D eigenvalue weighted by Crippen LogP contribution is 2.43. The van der Waals surface area contributed by atoms with E-state index in [0.29, 0.717) is 0 Å². The predicted molar refractivity (Wildman–Crippen MR) is 103 cm³/mol. The van der Waals surface area contributed by atoms with E-state index >= 15 is 0 Å². The van der Waals surface area contributed by atoms with Crippen LogP contribution in [0.1, 0.15) is 24.5 Å². The van der Waals surface area contributed by atoms with Gasteiger partial charge in [0.05, 0.1) is 12.5 Å². The molecule has 0 aromatic heterocycles. The molecule has 2 atom stereocenters. The standard InChI is InChI=1S/C14H15N.C7H10F2O2.CO2/c1-3-7-13(8-4-1)11-15-12-14-9-5-2-6-10-14;1-2-11-7(10)5-3-4(5)6(8)9;2-1-3/h1-10,15H,11-12H2;4-6H,2-3H2,1H3;. The average Bonchev–Trinajstić information content (AvgIpc) is 3.53. The van der Waals surface area contributed by atoms with Gasteiger partial charge in [-0.2, -0.15) is 9.59 Å². The van der Waals surface area contributed by atoms with Crippen molar-refractivity contribution in [1.82, 2.24) is 5.32 Å². The van der Waals surface area contributed by atoms with Crippen LogP contribution in [0.25, 0.3) is 0 Å². The summed E-state index contributed by atoms with van der Waals surface area (Å²) < 4.78 is 28.3. The van der Waals surface area contributed by atoms with Gasteiger partial charge in [-0.25, -0.2) is 8.78 Å². The number of carbonyl (C=O) groups is 1. The van der Waals surface area contributed by atoms with Gasteiger partial charge in [0.1, 0.15) is 0 Å². The number of carbonyl (C=O) groups excluding carboxylic acids is 3. The molecule has 1 saturated carbocycles. The maximum absolute atomic E-state index is 11.9. The van der Waals surface area contributed by atoms with Crippen molar-refractivity contribution in [3.63, 3.8) is 0 Å². The predicted octanol–water partition coefficient (Wildman–Crippen LogP) is 3.84. The largest absolute Gasteiger partial charge is 0.466 e. The fourth-order valence-corrected chi connectivity index (χ4v) is 2.56. The summed E-state index contributed by atoms with van der Waals surface area (Å²) in [5.74, 6) is -1.75. The molecule has 0 amide bonds. The van der Waals surface area contributed by atoms with Crippen LogP contribution in [0.4, 0.5) is 8.78 Å². The van der Waals surface area contributed by atoms with Crippen molar-refractivity contribution in [2.45, 2.75) is 32.9 Å². The Balaban J connectivity index is 0.000000265. The van der Waals surface area contributed by atoms with Crippen molar-refractivity contribution in [2.24, 2.45) is 11.8 Å². The molecule has 0 radical (unpaired) electrons. The van der Waals surface area contributed by atoms with Crippen LogP contribution in [0, 0.1) is 11.8 Å². The fourth-order valence-electron chi connectivity index (χ4n) is 2.56. The van der Waals surface area contributed by atoms with Crippen molar-refractivity contribution in [1.29, 1.82) is 0 Å². The maximum atomic E-state index is 11.9. The molecule has 0 spiro atoms. The molecule has 0 aliphatic heterocycles. The van der Waals surface area contributed by atoms with Gasteiger partial charge in [0.2, 0.25) is 6.43 Å². The molecule has 1 aliphatic carbocycles. The minimum atomic E-state index is -2.37. The average molecular weight is 405 g/mol. The Bertz CT molecular complexity index is 695. The molecule has 7 heteroatoms. The Morgan fingerprint density at radius 1 is 1.03 bits per heavy atom. The van der Waals surface area contributed by atoms with Crippen molar-refractivity contribution in [2.75, 3.05) is 6.61 Å². The first-order valence-electron chi connectivity index (χ1n) is 9.26. The molecule has 2 aromatic carbocycles. The van der Waals surface area contributed by atoms with Crippen molar-refractivity contribution >= 4 is 12.1 Å². The van der Waals surface area contributed by atoms with Crippen LogP contribution in [0.15, 0.2) is 60.7 Å². The van der Waals surface area contributed by atoms with Gasteiger partial charge in [0, 0.05) is 19.0 Å². The number of alkyl halides is 2. The van der Waals surface area contributed by atoms with Crippen LogP contribution in [0.3, 0.4) is 0 Å². The third-order valence-corrected chi connectivity index (χ3v) is 4.10. The SMILES string of the molecule is CCOC(=O)C1CC1C(F)F.O=C=O.c1ccc(CNCc2ccccc2)cc1. The van der Waals surface area contributed by atoms with E-state index < -0.39 is 24.2 Å². The number of benzene rings is 2. The van der Waals surface area contributed by atoms with Crippen molar-refractivity contribution in [3.05, 3.63) is 71.8 Å². The second-order valence-electron chi connectivity index (χ2n) is 6.25. The van der Waals surface area contributed by atoms with E-state index in [9.17, 15) is 13.6 Å². The summed E-state index contributed by atoms with van der Waals surface area (Å²) in [5, 5.41) is 3.42. The highest BCUT2D eigenvalue weighted by Gasteiger charge is 2.49. The molecule has 156 valence electrons. The van der Waals surface area contributed by atoms with Gasteiger partial charge >= 0.3 is 12.1 Å². The van der Waals surface area contributed by atoms with Crippen LogP contribution in [0.2, 0.25) is 0 Å². The number of esters is 1. The zero-order valence-corrected chi connectivity index (χ0v) is 16.2. The van der Waals surface area contributed by atoms with E-state index in [0.717, 1.165) is 13.1 Å². The number of hydrogen-bond donors (Lipinski definition) is 1. The number of rotatable bonds is 7. The first kappa shape index (κ1) is 24.1. The molecular weight excluding hydrogens is 380 g/mol. The lowest BCUT2D eigenvalue weighted by Gasteiger charge is -2.04. The van der Waals surface area contributed by atoms with Gasteiger partial charge in [-0.1, -0.05) is 60.7 Å². The van der Waals surface area contributed by atoms with Gasteiger partial charge in [-0.05, 0) is 24.5 Å². The summed E-state index contributed by atoms with van der Waals surface area (Å²) in [6, 6.07) is 20.9. The normalized spacial score (nSPS) is 16.4. The van der Waals surface area contributed by atoms with Crippen LogP contribution in [-0.4, -0.2) is 25.2 Å². The number of halogens is 2. The highest BCUT2D eigenvalue weighted by molar-refractivity contribution is 5.75.